The molecule has 0 spiro atoms. The van der Waals surface area contributed by atoms with Crippen molar-refractivity contribution < 1.29 is 0 Å². The second kappa shape index (κ2) is 6.90. The van der Waals surface area contributed by atoms with Gasteiger partial charge >= 0.3 is 0 Å². The second-order valence-electron chi connectivity index (χ2n) is 7.08. The van der Waals surface area contributed by atoms with E-state index < -0.39 is 0 Å². The summed E-state index contributed by atoms with van der Waals surface area (Å²) in [5.41, 5.74) is 3.08. The van der Waals surface area contributed by atoms with Crippen molar-refractivity contribution in [2.45, 2.75) is 6.92 Å². The molecule has 0 bridgehead atoms. The Hall–Kier alpha value is -3.37. The van der Waals surface area contributed by atoms with Crippen molar-refractivity contribution in [2.75, 3.05) is 36.0 Å². The number of para-hydroxylation sites is 1. The minimum atomic E-state index is 0.591. The van der Waals surface area contributed by atoms with Crippen LogP contribution in [0.5, 0.6) is 0 Å². The minimum Gasteiger partial charge on any atom is -0.353 e. The van der Waals surface area contributed by atoms with Crippen molar-refractivity contribution >= 4 is 39.8 Å². The minimum absolute atomic E-state index is 0.591. The number of halogens is 1. The van der Waals surface area contributed by atoms with Gasteiger partial charge in [-0.05, 0) is 31.2 Å². The van der Waals surface area contributed by atoms with Crippen molar-refractivity contribution in [1.82, 2.24) is 19.6 Å². The van der Waals surface area contributed by atoms with Gasteiger partial charge in [-0.2, -0.15) is 10.4 Å². The Kier molecular flexibility index (Phi) is 4.22. The molecular weight excluding hydrogens is 386 g/mol. The van der Waals surface area contributed by atoms with E-state index in [1.165, 1.54) is 0 Å². The average Bonchev–Trinajstić information content (AvgIpc) is 3.07. The third-order valence-corrected chi connectivity index (χ3v) is 5.77. The average molecular weight is 404 g/mol. The van der Waals surface area contributed by atoms with E-state index in [4.69, 9.17) is 21.8 Å². The summed E-state index contributed by atoms with van der Waals surface area (Å²) in [6.07, 6.45) is 1.69. The Bertz CT molecular complexity index is 1270. The van der Waals surface area contributed by atoms with Crippen LogP contribution in [0, 0.1) is 18.3 Å². The van der Waals surface area contributed by atoms with Gasteiger partial charge in [-0.15, -0.1) is 0 Å². The smallest absolute Gasteiger partial charge is 0.176 e. The van der Waals surface area contributed by atoms with Crippen LogP contribution < -0.4 is 9.80 Å². The summed E-state index contributed by atoms with van der Waals surface area (Å²) in [6.45, 7) is 5.10. The van der Waals surface area contributed by atoms with Gasteiger partial charge in [0.1, 0.15) is 16.7 Å². The number of piperazine rings is 1. The summed E-state index contributed by atoms with van der Waals surface area (Å²) in [5, 5.41) is 15.3. The van der Waals surface area contributed by atoms with Crippen LogP contribution in [0.15, 0.2) is 42.6 Å². The molecule has 4 aromatic rings. The largest absolute Gasteiger partial charge is 0.353 e. The van der Waals surface area contributed by atoms with Crippen molar-refractivity contribution in [3.63, 3.8) is 0 Å². The molecule has 3 aromatic heterocycles. The highest BCUT2D eigenvalue weighted by atomic mass is 35.5. The van der Waals surface area contributed by atoms with Gasteiger partial charge in [0.15, 0.2) is 5.65 Å². The van der Waals surface area contributed by atoms with Crippen LogP contribution >= 0.6 is 11.6 Å². The molecule has 0 saturated carbocycles. The zero-order valence-corrected chi connectivity index (χ0v) is 16.6. The molecule has 1 aromatic carbocycles. The van der Waals surface area contributed by atoms with E-state index in [9.17, 15) is 0 Å². The summed E-state index contributed by atoms with van der Waals surface area (Å²) in [7, 11) is 0. The Morgan fingerprint density at radius 2 is 1.83 bits per heavy atom. The number of fused-ring (bicyclic) bond motifs is 3. The zero-order valence-electron chi connectivity index (χ0n) is 15.9. The third-order valence-electron chi connectivity index (χ3n) is 5.33. The standard InChI is InChI=1S/C21H18ClN7/c1-14-19(22)21-25-20(16-4-2-3-5-17(16)29(21)26-14)28-10-8-27(9-11-28)18-12-15(13-23)6-7-24-18/h2-7,12H,8-11H2,1H3. The number of hydrogen-bond acceptors (Lipinski definition) is 6. The Morgan fingerprint density at radius 1 is 1.07 bits per heavy atom. The number of hydrogen-bond donors (Lipinski definition) is 0. The molecular formula is C21H18ClN7. The lowest BCUT2D eigenvalue weighted by atomic mass is 10.2. The van der Waals surface area contributed by atoms with E-state index in [2.05, 4.69) is 32.0 Å². The van der Waals surface area contributed by atoms with Crippen LogP contribution in [0.4, 0.5) is 11.6 Å². The van der Waals surface area contributed by atoms with Crippen LogP contribution in [-0.2, 0) is 0 Å². The SMILES string of the molecule is Cc1nn2c(nc(N3CCN(c4cc(C#N)ccn4)CC3)c3ccccc32)c1Cl. The molecule has 0 radical (unpaired) electrons. The molecule has 0 atom stereocenters. The lowest BCUT2D eigenvalue weighted by Gasteiger charge is -2.36. The first-order chi connectivity index (χ1) is 14.2. The molecule has 1 fully saturated rings. The Morgan fingerprint density at radius 3 is 2.62 bits per heavy atom. The molecule has 1 aliphatic rings. The first-order valence-electron chi connectivity index (χ1n) is 9.45. The van der Waals surface area contributed by atoms with Crippen LogP contribution in [0.2, 0.25) is 5.02 Å². The van der Waals surface area contributed by atoms with Gasteiger partial charge in [0.25, 0.3) is 0 Å². The molecule has 0 N–H and O–H groups in total. The molecule has 5 rings (SSSR count). The molecule has 29 heavy (non-hydrogen) atoms. The topological polar surface area (TPSA) is 73.3 Å². The number of aryl methyl sites for hydroxylation is 1. The van der Waals surface area contributed by atoms with Crippen LogP contribution in [0.25, 0.3) is 16.6 Å². The number of aromatic nitrogens is 4. The molecule has 7 nitrogen and oxygen atoms in total. The summed E-state index contributed by atoms with van der Waals surface area (Å²) in [4.78, 5) is 13.8. The summed E-state index contributed by atoms with van der Waals surface area (Å²) < 4.78 is 1.82. The first kappa shape index (κ1) is 17.7. The molecule has 8 heteroatoms. The molecule has 1 saturated heterocycles. The first-order valence-corrected chi connectivity index (χ1v) is 9.83. The normalized spacial score (nSPS) is 14.5. The van der Waals surface area contributed by atoms with E-state index in [1.54, 1.807) is 12.3 Å². The van der Waals surface area contributed by atoms with Crippen molar-refractivity contribution in [3.05, 3.63) is 58.9 Å². The van der Waals surface area contributed by atoms with Crippen molar-refractivity contribution in [3.8, 4) is 6.07 Å². The van der Waals surface area contributed by atoms with E-state index in [1.807, 2.05) is 35.7 Å². The number of nitrogens with zero attached hydrogens (tertiary/aromatic N) is 7. The van der Waals surface area contributed by atoms with Crippen LogP contribution in [0.1, 0.15) is 11.3 Å². The Balaban J connectivity index is 1.50. The lowest BCUT2D eigenvalue weighted by molar-refractivity contribution is 0.643. The summed E-state index contributed by atoms with van der Waals surface area (Å²) in [5.74, 6) is 1.76. The Labute approximate surface area is 172 Å². The maximum absolute atomic E-state index is 9.13. The van der Waals surface area contributed by atoms with Gasteiger partial charge in [0.2, 0.25) is 0 Å². The number of nitriles is 1. The fraction of sp³-hybridized carbons (Fsp3) is 0.238. The zero-order chi connectivity index (χ0) is 20.0. The highest BCUT2D eigenvalue weighted by Gasteiger charge is 2.23. The highest BCUT2D eigenvalue weighted by Crippen LogP contribution is 2.31. The monoisotopic (exact) mass is 403 g/mol. The van der Waals surface area contributed by atoms with Gasteiger partial charge in [-0.3, -0.25) is 0 Å². The summed E-state index contributed by atoms with van der Waals surface area (Å²) in [6, 6.07) is 13.9. The van der Waals surface area contributed by atoms with Gasteiger partial charge in [-0.25, -0.2) is 14.5 Å². The van der Waals surface area contributed by atoms with Gasteiger partial charge in [0.05, 0.1) is 22.8 Å². The molecule has 0 amide bonds. The second-order valence-corrected chi connectivity index (χ2v) is 7.45. The number of rotatable bonds is 2. The quantitative estimate of drug-likeness (QED) is 0.510. The molecule has 4 heterocycles. The maximum atomic E-state index is 9.13. The van der Waals surface area contributed by atoms with E-state index in [-0.39, 0.29) is 0 Å². The fourth-order valence-electron chi connectivity index (χ4n) is 3.82. The van der Waals surface area contributed by atoms with Crippen LogP contribution in [0.3, 0.4) is 0 Å². The predicted octanol–water partition coefficient (Wildman–Crippen LogP) is 3.44. The third kappa shape index (κ3) is 2.93. The van der Waals surface area contributed by atoms with E-state index in [0.717, 1.165) is 54.4 Å². The van der Waals surface area contributed by atoms with Gasteiger partial charge in [-0.1, -0.05) is 23.7 Å². The van der Waals surface area contributed by atoms with Gasteiger partial charge < -0.3 is 9.80 Å². The highest BCUT2D eigenvalue weighted by molar-refractivity contribution is 6.34. The fourth-order valence-corrected chi connectivity index (χ4v) is 3.98. The predicted molar refractivity (Wildman–Crippen MR) is 114 cm³/mol. The van der Waals surface area contributed by atoms with Crippen molar-refractivity contribution in [1.29, 1.82) is 5.26 Å². The molecule has 144 valence electrons. The number of benzene rings is 1. The van der Waals surface area contributed by atoms with Crippen LogP contribution in [-0.4, -0.2) is 45.8 Å². The van der Waals surface area contributed by atoms with E-state index >= 15 is 0 Å². The lowest BCUT2D eigenvalue weighted by Crippen LogP contribution is -2.47. The molecule has 0 unspecified atom stereocenters. The summed E-state index contributed by atoms with van der Waals surface area (Å²) >= 11 is 6.48. The van der Waals surface area contributed by atoms with E-state index in [0.29, 0.717) is 16.2 Å². The maximum Gasteiger partial charge on any atom is 0.176 e. The van der Waals surface area contributed by atoms with Crippen molar-refractivity contribution in [2.24, 2.45) is 0 Å². The number of anilines is 2. The van der Waals surface area contributed by atoms with Gasteiger partial charge in [0, 0.05) is 37.8 Å². The molecule has 0 aliphatic carbocycles. The molecule has 1 aliphatic heterocycles. The number of pyridine rings is 1.